The molecule has 1 aromatic heterocycles. The van der Waals surface area contributed by atoms with Crippen LogP contribution < -0.4 is 9.47 Å². The van der Waals surface area contributed by atoms with E-state index in [4.69, 9.17) is 14.0 Å². The summed E-state index contributed by atoms with van der Waals surface area (Å²) < 4.78 is 16.4. The molecule has 2 aromatic carbocycles. The molecule has 4 rings (SSSR count). The van der Waals surface area contributed by atoms with Gasteiger partial charge in [0, 0.05) is 19.0 Å². The van der Waals surface area contributed by atoms with Gasteiger partial charge in [-0.2, -0.15) is 4.98 Å². The highest BCUT2D eigenvalue weighted by Crippen LogP contribution is 2.31. The van der Waals surface area contributed by atoms with Crippen LogP contribution >= 0.6 is 0 Å². The lowest BCUT2D eigenvalue weighted by molar-refractivity contribution is -0.134. The van der Waals surface area contributed by atoms with Gasteiger partial charge in [0.05, 0.1) is 12.7 Å². The number of amides is 1. The lowest BCUT2D eigenvalue weighted by Gasteiger charge is -2.31. The summed E-state index contributed by atoms with van der Waals surface area (Å²) in [4.78, 5) is 19.0. The summed E-state index contributed by atoms with van der Waals surface area (Å²) in [5.74, 6) is 2.42. The van der Waals surface area contributed by atoms with E-state index in [1.807, 2.05) is 59.5 Å². The third-order valence-corrected chi connectivity index (χ3v) is 5.02. The lowest BCUT2D eigenvalue weighted by atomic mass is 9.97. The first-order chi connectivity index (χ1) is 14.2. The first-order valence-electron chi connectivity index (χ1n) is 9.67. The van der Waals surface area contributed by atoms with Gasteiger partial charge in [-0.05, 0) is 37.1 Å². The van der Waals surface area contributed by atoms with Crippen LogP contribution in [0.15, 0.2) is 59.1 Å². The lowest BCUT2D eigenvalue weighted by Crippen LogP contribution is -2.41. The number of hydrogen-bond acceptors (Lipinski definition) is 6. The molecule has 0 spiro atoms. The number of piperidine rings is 1. The number of rotatable bonds is 6. The largest absolute Gasteiger partial charge is 0.496 e. The molecule has 1 amide bonds. The number of likely N-dealkylation sites (tertiary alicyclic amines) is 1. The van der Waals surface area contributed by atoms with Gasteiger partial charge in [-0.3, -0.25) is 4.79 Å². The standard InChI is InChI=1S/C22H23N3O4/c1-27-19-12-6-5-11-18(19)22-23-21(24-29-22)16-8-7-13-25(14-16)20(26)15-28-17-9-3-2-4-10-17/h2-6,9-12,16H,7-8,13-15H2,1H3. The van der Waals surface area contributed by atoms with Gasteiger partial charge in [0.15, 0.2) is 12.4 Å². The van der Waals surface area contributed by atoms with Crippen molar-refractivity contribution in [2.75, 3.05) is 26.8 Å². The Morgan fingerprint density at radius 3 is 2.79 bits per heavy atom. The SMILES string of the molecule is COc1ccccc1-c1nc(C2CCCN(C(=O)COc3ccccc3)C2)no1. The summed E-state index contributed by atoms with van der Waals surface area (Å²) >= 11 is 0. The smallest absolute Gasteiger partial charge is 0.261 e. The van der Waals surface area contributed by atoms with Crippen LogP contribution in [0.1, 0.15) is 24.6 Å². The molecular formula is C22H23N3O4. The van der Waals surface area contributed by atoms with E-state index < -0.39 is 0 Å². The summed E-state index contributed by atoms with van der Waals surface area (Å²) in [6.45, 7) is 1.29. The maximum atomic E-state index is 12.6. The molecule has 29 heavy (non-hydrogen) atoms. The molecule has 1 unspecified atom stereocenters. The Kier molecular flexibility index (Phi) is 5.74. The molecule has 1 aliphatic rings. The van der Waals surface area contributed by atoms with Crippen molar-refractivity contribution >= 4 is 5.91 Å². The van der Waals surface area contributed by atoms with Crippen LogP contribution in [0.5, 0.6) is 11.5 Å². The highest BCUT2D eigenvalue weighted by atomic mass is 16.5. The Labute approximate surface area is 169 Å². The Hall–Kier alpha value is -3.35. The molecule has 0 radical (unpaired) electrons. The van der Waals surface area contributed by atoms with Crippen LogP contribution in [0.4, 0.5) is 0 Å². The second kappa shape index (κ2) is 8.77. The van der Waals surface area contributed by atoms with Crippen LogP contribution in [-0.2, 0) is 4.79 Å². The monoisotopic (exact) mass is 393 g/mol. The molecule has 1 atom stereocenters. The summed E-state index contributed by atoms with van der Waals surface area (Å²) in [5, 5.41) is 4.17. The Morgan fingerprint density at radius 1 is 1.17 bits per heavy atom. The van der Waals surface area contributed by atoms with Gasteiger partial charge in [-0.1, -0.05) is 35.5 Å². The summed E-state index contributed by atoms with van der Waals surface area (Å²) in [6, 6.07) is 16.9. The second-order valence-electron chi connectivity index (χ2n) is 6.94. The number of carbonyl (C=O) groups is 1. The van der Waals surface area contributed by atoms with Crippen molar-refractivity contribution in [3.63, 3.8) is 0 Å². The van der Waals surface area contributed by atoms with Gasteiger partial charge in [0.1, 0.15) is 11.5 Å². The van der Waals surface area contributed by atoms with Crippen molar-refractivity contribution in [3.8, 4) is 23.0 Å². The van der Waals surface area contributed by atoms with Gasteiger partial charge in [0.25, 0.3) is 11.8 Å². The topological polar surface area (TPSA) is 77.7 Å². The van der Waals surface area contributed by atoms with Gasteiger partial charge in [-0.15, -0.1) is 0 Å². The van der Waals surface area contributed by atoms with Crippen molar-refractivity contribution in [3.05, 3.63) is 60.4 Å². The van der Waals surface area contributed by atoms with Crippen molar-refractivity contribution in [1.29, 1.82) is 0 Å². The normalized spacial score (nSPS) is 16.4. The number of methoxy groups -OCH3 is 1. The van der Waals surface area contributed by atoms with Crippen molar-refractivity contribution in [1.82, 2.24) is 15.0 Å². The third-order valence-electron chi connectivity index (χ3n) is 5.02. The van der Waals surface area contributed by atoms with Gasteiger partial charge in [-0.25, -0.2) is 0 Å². The molecule has 3 aromatic rings. The van der Waals surface area contributed by atoms with Crippen LogP contribution in [0.2, 0.25) is 0 Å². The molecule has 7 nitrogen and oxygen atoms in total. The molecule has 1 fully saturated rings. The zero-order valence-electron chi connectivity index (χ0n) is 16.3. The van der Waals surface area contributed by atoms with E-state index in [-0.39, 0.29) is 18.4 Å². The summed E-state index contributed by atoms with van der Waals surface area (Å²) in [7, 11) is 1.61. The molecule has 7 heteroatoms. The van der Waals surface area contributed by atoms with E-state index in [9.17, 15) is 4.79 Å². The summed E-state index contributed by atoms with van der Waals surface area (Å²) in [6.07, 6.45) is 1.80. The fourth-order valence-electron chi connectivity index (χ4n) is 3.50. The second-order valence-corrected chi connectivity index (χ2v) is 6.94. The zero-order chi connectivity index (χ0) is 20.1. The Balaban J connectivity index is 1.41. The van der Waals surface area contributed by atoms with E-state index in [0.29, 0.717) is 36.3 Å². The van der Waals surface area contributed by atoms with Gasteiger partial charge >= 0.3 is 0 Å². The first-order valence-corrected chi connectivity index (χ1v) is 9.67. The number of nitrogens with zero attached hydrogens (tertiary/aromatic N) is 3. The predicted octanol–water partition coefficient (Wildman–Crippen LogP) is 3.53. The van der Waals surface area contributed by atoms with Crippen molar-refractivity contribution < 1.29 is 18.8 Å². The molecule has 0 bridgehead atoms. The average molecular weight is 393 g/mol. The zero-order valence-corrected chi connectivity index (χ0v) is 16.3. The highest BCUT2D eigenvalue weighted by Gasteiger charge is 2.28. The minimum absolute atomic E-state index is 0.0233. The fourth-order valence-corrected chi connectivity index (χ4v) is 3.50. The van der Waals surface area contributed by atoms with E-state index in [1.54, 1.807) is 7.11 Å². The molecule has 150 valence electrons. The maximum Gasteiger partial charge on any atom is 0.261 e. The number of ether oxygens (including phenoxy) is 2. The Bertz CT molecular complexity index is 957. The highest BCUT2D eigenvalue weighted by molar-refractivity contribution is 5.78. The number of benzene rings is 2. The Morgan fingerprint density at radius 2 is 1.97 bits per heavy atom. The van der Waals surface area contributed by atoms with Crippen LogP contribution in [0, 0.1) is 0 Å². The molecule has 1 saturated heterocycles. The number of hydrogen-bond donors (Lipinski definition) is 0. The quantitative estimate of drug-likeness (QED) is 0.638. The maximum absolute atomic E-state index is 12.6. The molecule has 0 saturated carbocycles. The minimum Gasteiger partial charge on any atom is -0.496 e. The first kappa shape index (κ1) is 19.0. The predicted molar refractivity (Wildman–Crippen MR) is 107 cm³/mol. The van der Waals surface area contributed by atoms with Gasteiger partial charge in [0.2, 0.25) is 0 Å². The van der Waals surface area contributed by atoms with E-state index in [0.717, 1.165) is 18.4 Å². The fraction of sp³-hybridized carbons (Fsp3) is 0.318. The van der Waals surface area contributed by atoms with Crippen molar-refractivity contribution in [2.45, 2.75) is 18.8 Å². The summed E-state index contributed by atoms with van der Waals surface area (Å²) in [5.41, 5.74) is 0.758. The van der Waals surface area contributed by atoms with Gasteiger partial charge < -0.3 is 18.9 Å². The van der Waals surface area contributed by atoms with E-state index in [2.05, 4.69) is 10.1 Å². The van der Waals surface area contributed by atoms with E-state index >= 15 is 0 Å². The third kappa shape index (κ3) is 4.39. The molecule has 0 aliphatic carbocycles. The van der Waals surface area contributed by atoms with Crippen LogP contribution in [0.25, 0.3) is 11.5 Å². The molecule has 1 aliphatic heterocycles. The van der Waals surface area contributed by atoms with Crippen molar-refractivity contribution in [2.24, 2.45) is 0 Å². The van der Waals surface area contributed by atoms with Crippen LogP contribution in [0.3, 0.4) is 0 Å². The molecular weight excluding hydrogens is 370 g/mol. The number of para-hydroxylation sites is 2. The van der Waals surface area contributed by atoms with E-state index in [1.165, 1.54) is 0 Å². The molecule has 2 heterocycles. The number of aromatic nitrogens is 2. The molecule has 0 N–H and O–H groups in total. The van der Waals surface area contributed by atoms with Crippen LogP contribution in [-0.4, -0.2) is 47.8 Å². The number of carbonyl (C=O) groups excluding carboxylic acids is 1. The average Bonchev–Trinajstić information content (AvgIpc) is 3.28. The minimum atomic E-state index is -0.0352.